The first-order valence-corrected chi connectivity index (χ1v) is 7.14. The summed E-state index contributed by atoms with van der Waals surface area (Å²) in [7, 11) is 0. The predicted molar refractivity (Wildman–Crippen MR) is 82.4 cm³/mol. The molecule has 1 unspecified atom stereocenters. The van der Waals surface area contributed by atoms with Crippen LogP contribution in [0.4, 0.5) is 0 Å². The van der Waals surface area contributed by atoms with Crippen LogP contribution >= 0.6 is 11.6 Å². The summed E-state index contributed by atoms with van der Waals surface area (Å²) in [6, 6.07) is 11.6. The second-order valence-corrected chi connectivity index (χ2v) is 5.01. The quantitative estimate of drug-likeness (QED) is 0.887. The predicted octanol–water partition coefficient (Wildman–Crippen LogP) is 3.42. The smallest absolute Gasteiger partial charge is 0.122 e. The Morgan fingerprint density at radius 2 is 2.15 bits per heavy atom. The normalized spacial score (nSPS) is 12.2. The van der Waals surface area contributed by atoms with E-state index in [1.165, 1.54) is 0 Å². The molecule has 0 aliphatic carbocycles. The summed E-state index contributed by atoms with van der Waals surface area (Å²) in [5.41, 5.74) is 8.01. The Bertz CT molecular complexity index is 545. The van der Waals surface area contributed by atoms with Crippen LogP contribution in [-0.2, 0) is 6.42 Å². The van der Waals surface area contributed by atoms with Crippen molar-refractivity contribution in [2.75, 3.05) is 13.2 Å². The molecule has 0 spiro atoms. The van der Waals surface area contributed by atoms with Gasteiger partial charge in [-0.2, -0.15) is 0 Å². The molecule has 1 atom stereocenters. The van der Waals surface area contributed by atoms with Gasteiger partial charge in [0.2, 0.25) is 0 Å². The van der Waals surface area contributed by atoms with E-state index in [0.717, 1.165) is 23.4 Å². The van der Waals surface area contributed by atoms with Gasteiger partial charge in [-0.1, -0.05) is 17.7 Å². The Morgan fingerprint density at radius 1 is 1.30 bits per heavy atom. The third-order valence-corrected chi connectivity index (χ3v) is 3.41. The minimum Gasteiger partial charge on any atom is -0.494 e. The molecule has 0 amide bonds. The lowest BCUT2D eigenvalue weighted by molar-refractivity contribution is 0.334. The molecule has 0 radical (unpaired) electrons. The van der Waals surface area contributed by atoms with Gasteiger partial charge < -0.3 is 10.5 Å². The first-order valence-electron chi connectivity index (χ1n) is 6.76. The van der Waals surface area contributed by atoms with Crippen molar-refractivity contribution >= 4 is 11.6 Å². The van der Waals surface area contributed by atoms with Crippen LogP contribution in [0.3, 0.4) is 0 Å². The Labute approximate surface area is 124 Å². The maximum absolute atomic E-state index is 6.11. The largest absolute Gasteiger partial charge is 0.494 e. The number of halogens is 1. The Kier molecular flexibility index (Phi) is 5.39. The van der Waals surface area contributed by atoms with E-state index in [0.29, 0.717) is 18.2 Å². The maximum Gasteiger partial charge on any atom is 0.122 e. The molecule has 1 heterocycles. The molecule has 0 aliphatic heterocycles. The Hall–Kier alpha value is -1.58. The molecule has 0 bridgehead atoms. The van der Waals surface area contributed by atoms with Crippen molar-refractivity contribution in [2.45, 2.75) is 19.3 Å². The number of aromatic nitrogens is 1. The summed E-state index contributed by atoms with van der Waals surface area (Å²) in [6.45, 7) is 3.11. The van der Waals surface area contributed by atoms with Gasteiger partial charge in [0.25, 0.3) is 0 Å². The highest BCUT2D eigenvalue weighted by Crippen LogP contribution is 2.31. The third kappa shape index (κ3) is 3.71. The summed E-state index contributed by atoms with van der Waals surface area (Å²) in [5.74, 6) is 0.994. The van der Waals surface area contributed by atoms with Gasteiger partial charge in [-0.3, -0.25) is 4.98 Å². The standard InChI is InChI=1S/C16H19ClN2O/c1-2-20-16-7-6-13(17)10-15(16)12(11-18)9-14-5-3-4-8-19-14/h3-8,10,12H,2,9,11,18H2,1H3. The number of nitrogens with two attached hydrogens (primary N) is 1. The molecule has 2 N–H and O–H groups in total. The van der Waals surface area contributed by atoms with E-state index in [-0.39, 0.29) is 5.92 Å². The van der Waals surface area contributed by atoms with Crippen molar-refractivity contribution in [1.29, 1.82) is 0 Å². The lowest BCUT2D eigenvalue weighted by Crippen LogP contribution is -2.16. The number of benzene rings is 1. The van der Waals surface area contributed by atoms with Crippen LogP contribution in [0.25, 0.3) is 0 Å². The van der Waals surface area contributed by atoms with Crippen LogP contribution in [0.5, 0.6) is 5.75 Å². The zero-order valence-electron chi connectivity index (χ0n) is 11.6. The number of hydrogen-bond acceptors (Lipinski definition) is 3. The highest BCUT2D eigenvalue weighted by Gasteiger charge is 2.16. The summed E-state index contributed by atoms with van der Waals surface area (Å²) in [6.07, 6.45) is 2.57. The zero-order valence-corrected chi connectivity index (χ0v) is 12.3. The van der Waals surface area contributed by atoms with Crippen molar-refractivity contribution < 1.29 is 4.74 Å². The van der Waals surface area contributed by atoms with E-state index in [1.54, 1.807) is 6.20 Å². The molecule has 4 heteroatoms. The van der Waals surface area contributed by atoms with Crippen LogP contribution < -0.4 is 10.5 Å². The van der Waals surface area contributed by atoms with Gasteiger partial charge in [0.15, 0.2) is 0 Å². The molecule has 0 aliphatic rings. The molecule has 0 fully saturated rings. The fourth-order valence-electron chi connectivity index (χ4n) is 2.22. The van der Waals surface area contributed by atoms with E-state index in [4.69, 9.17) is 22.1 Å². The Balaban J connectivity index is 2.28. The summed E-state index contributed by atoms with van der Waals surface area (Å²) in [4.78, 5) is 4.36. The molecular formula is C16H19ClN2O. The van der Waals surface area contributed by atoms with Gasteiger partial charge in [-0.25, -0.2) is 0 Å². The molecule has 3 nitrogen and oxygen atoms in total. The van der Waals surface area contributed by atoms with E-state index in [1.807, 2.05) is 43.3 Å². The van der Waals surface area contributed by atoms with Gasteiger partial charge in [-0.05, 0) is 50.2 Å². The molecule has 0 saturated carbocycles. The second kappa shape index (κ2) is 7.27. The molecule has 106 valence electrons. The molecule has 0 saturated heterocycles. The second-order valence-electron chi connectivity index (χ2n) is 4.57. The SMILES string of the molecule is CCOc1ccc(Cl)cc1C(CN)Cc1ccccn1. The van der Waals surface area contributed by atoms with Crippen molar-refractivity contribution in [3.8, 4) is 5.75 Å². The third-order valence-electron chi connectivity index (χ3n) is 3.18. The fraction of sp³-hybridized carbons (Fsp3) is 0.312. The number of nitrogens with zero attached hydrogens (tertiary/aromatic N) is 1. The number of ether oxygens (including phenoxy) is 1. The van der Waals surface area contributed by atoms with E-state index in [2.05, 4.69) is 4.98 Å². The van der Waals surface area contributed by atoms with Gasteiger partial charge in [0.1, 0.15) is 5.75 Å². The van der Waals surface area contributed by atoms with Crippen molar-refractivity contribution in [3.63, 3.8) is 0 Å². The van der Waals surface area contributed by atoms with Crippen molar-refractivity contribution in [3.05, 3.63) is 58.9 Å². The number of pyridine rings is 1. The lowest BCUT2D eigenvalue weighted by atomic mass is 9.93. The first-order chi connectivity index (χ1) is 9.74. The highest BCUT2D eigenvalue weighted by molar-refractivity contribution is 6.30. The molecule has 1 aromatic heterocycles. The van der Waals surface area contributed by atoms with Crippen LogP contribution in [0, 0.1) is 0 Å². The fourth-order valence-corrected chi connectivity index (χ4v) is 2.40. The average Bonchev–Trinajstić information content (AvgIpc) is 2.48. The van der Waals surface area contributed by atoms with E-state index in [9.17, 15) is 0 Å². The van der Waals surface area contributed by atoms with Crippen molar-refractivity contribution in [2.24, 2.45) is 5.73 Å². The molecular weight excluding hydrogens is 272 g/mol. The van der Waals surface area contributed by atoms with Crippen LogP contribution in [-0.4, -0.2) is 18.1 Å². The van der Waals surface area contributed by atoms with Crippen LogP contribution in [0.1, 0.15) is 24.1 Å². The number of rotatable bonds is 6. The van der Waals surface area contributed by atoms with Gasteiger partial charge in [0, 0.05) is 28.4 Å². The van der Waals surface area contributed by atoms with Gasteiger partial charge in [-0.15, -0.1) is 0 Å². The zero-order chi connectivity index (χ0) is 14.4. The monoisotopic (exact) mass is 290 g/mol. The van der Waals surface area contributed by atoms with Crippen LogP contribution in [0.2, 0.25) is 5.02 Å². The molecule has 2 aromatic rings. The molecule has 1 aromatic carbocycles. The molecule has 2 rings (SSSR count). The van der Waals surface area contributed by atoms with E-state index < -0.39 is 0 Å². The maximum atomic E-state index is 6.11. The highest BCUT2D eigenvalue weighted by atomic mass is 35.5. The minimum atomic E-state index is 0.144. The summed E-state index contributed by atoms with van der Waals surface area (Å²) < 4.78 is 5.68. The average molecular weight is 291 g/mol. The Morgan fingerprint density at radius 3 is 2.80 bits per heavy atom. The van der Waals surface area contributed by atoms with Gasteiger partial charge in [0.05, 0.1) is 6.61 Å². The summed E-state index contributed by atoms with van der Waals surface area (Å²) >= 11 is 6.11. The van der Waals surface area contributed by atoms with Crippen LogP contribution in [0.15, 0.2) is 42.6 Å². The molecule has 20 heavy (non-hydrogen) atoms. The topological polar surface area (TPSA) is 48.1 Å². The first kappa shape index (κ1) is 14.8. The lowest BCUT2D eigenvalue weighted by Gasteiger charge is -2.19. The van der Waals surface area contributed by atoms with E-state index >= 15 is 0 Å². The van der Waals surface area contributed by atoms with Gasteiger partial charge >= 0.3 is 0 Å². The summed E-state index contributed by atoms with van der Waals surface area (Å²) in [5, 5.41) is 0.697. The minimum absolute atomic E-state index is 0.144. The number of hydrogen-bond donors (Lipinski definition) is 1. The van der Waals surface area contributed by atoms with Crippen molar-refractivity contribution in [1.82, 2.24) is 4.98 Å².